The molecular formula is C18H18N2O7S. The highest BCUT2D eigenvalue weighted by atomic mass is 32.2. The number of sulfonamides is 1. The van der Waals surface area contributed by atoms with Crippen LogP contribution in [0.5, 0.6) is 5.75 Å². The number of carbonyl (C=O) groups excluding carboxylic acids is 1. The maximum Gasteiger partial charge on any atom is 0.338 e. The molecule has 0 fully saturated rings. The molecule has 9 nitrogen and oxygen atoms in total. The van der Waals surface area contributed by atoms with Crippen LogP contribution in [0.4, 0.5) is 0 Å². The van der Waals surface area contributed by atoms with E-state index in [1.807, 2.05) is 0 Å². The predicted octanol–water partition coefficient (Wildman–Crippen LogP) is 2.55. The first-order chi connectivity index (χ1) is 13.3. The van der Waals surface area contributed by atoms with Crippen LogP contribution in [0.3, 0.4) is 0 Å². The number of rotatable bonds is 7. The maximum atomic E-state index is 12.4. The Morgan fingerprint density at radius 3 is 2.61 bits per heavy atom. The van der Waals surface area contributed by atoms with Crippen molar-refractivity contribution in [1.29, 1.82) is 0 Å². The van der Waals surface area contributed by atoms with E-state index in [9.17, 15) is 13.2 Å². The number of aromatic nitrogens is 1. The van der Waals surface area contributed by atoms with Crippen LogP contribution in [0.25, 0.3) is 11.5 Å². The van der Waals surface area contributed by atoms with E-state index in [1.54, 1.807) is 18.2 Å². The second kappa shape index (κ2) is 7.87. The lowest BCUT2D eigenvalue weighted by atomic mass is 10.2. The Kier molecular flexibility index (Phi) is 5.52. The van der Waals surface area contributed by atoms with Gasteiger partial charge in [-0.25, -0.2) is 17.5 Å². The van der Waals surface area contributed by atoms with Gasteiger partial charge in [-0.15, -0.1) is 0 Å². The standard InChI is InChI=1S/C18H18N2O7S/c1-20(2)28(22,23)17-9-12(6-7-15(17)24-3)18(21)26-11-13-10-16(27-19-13)14-5-4-8-25-14/h4-10H,11H2,1-3H3. The van der Waals surface area contributed by atoms with Gasteiger partial charge in [-0.05, 0) is 30.3 Å². The van der Waals surface area contributed by atoms with Gasteiger partial charge in [0.2, 0.25) is 15.8 Å². The minimum Gasteiger partial charge on any atom is -0.495 e. The first-order valence-electron chi connectivity index (χ1n) is 8.10. The second-order valence-corrected chi connectivity index (χ2v) is 8.01. The van der Waals surface area contributed by atoms with Crippen LogP contribution in [-0.2, 0) is 21.4 Å². The molecule has 3 aromatic rings. The highest BCUT2D eigenvalue weighted by Crippen LogP contribution is 2.27. The van der Waals surface area contributed by atoms with Crippen molar-refractivity contribution in [3.63, 3.8) is 0 Å². The Morgan fingerprint density at radius 1 is 1.18 bits per heavy atom. The fraction of sp³-hybridized carbons (Fsp3) is 0.222. The molecular weight excluding hydrogens is 388 g/mol. The van der Waals surface area contributed by atoms with Gasteiger partial charge in [0.25, 0.3) is 0 Å². The molecule has 0 aliphatic carbocycles. The van der Waals surface area contributed by atoms with E-state index in [4.69, 9.17) is 18.4 Å². The summed E-state index contributed by atoms with van der Waals surface area (Å²) in [6.07, 6.45) is 1.50. The molecule has 10 heteroatoms. The number of ether oxygens (including phenoxy) is 2. The topological polar surface area (TPSA) is 112 Å². The normalized spacial score (nSPS) is 11.6. The molecule has 1 aromatic carbocycles. The number of nitrogens with zero attached hydrogens (tertiary/aromatic N) is 2. The molecule has 0 amide bonds. The number of esters is 1. The Morgan fingerprint density at radius 2 is 1.96 bits per heavy atom. The van der Waals surface area contributed by atoms with Gasteiger partial charge in [0.15, 0.2) is 5.76 Å². The van der Waals surface area contributed by atoms with Gasteiger partial charge in [-0.1, -0.05) is 5.16 Å². The maximum absolute atomic E-state index is 12.4. The number of furan rings is 1. The van der Waals surface area contributed by atoms with E-state index in [0.717, 1.165) is 4.31 Å². The zero-order valence-electron chi connectivity index (χ0n) is 15.4. The molecule has 0 aliphatic heterocycles. The summed E-state index contributed by atoms with van der Waals surface area (Å²) in [7, 11) is 0.328. The molecule has 0 radical (unpaired) electrons. The monoisotopic (exact) mass is 406 g/mol. The molecule has 0 spiro atoms. The van der Waals surface area contributed by atoms with Crippen molar-refractivity contribution in [2.45, 2.75) is 11.5 Å². The van der Waals surface area contributed by atoms with Crippen LogP contribution in [0, 0.1) is 0 Å². The van der Waals surface area contributed by atoms with Crippen molar-refractivity contribution in [2.75, 3.05) is 21.2 Å². The van der Waals surface area contributed by atoms with Crippen LogP contribution in [0.1, 0.15) is 16.1 Å². The first kappa shape index (κ1) is 19.6. The predicted molar refractivity (Wildman–Crippen MR) is 97.2 cm³/mol. The minimum absolute atomic E-state index is 0.0657. The van der Waals surface area contributed by atoms with Gasteiger partial charge in [-0.2, -0.15) is 0 Å². The third-order valence-corrected chi connectivity index (χ3v) is 5.67. The summed E-state index contributed by atoms with van der Waals surface area (Å²) < 4.78 is 46.6. The summed E-state index contributed by atoms with van der Waals surface area (Å²) in [6.45, 7) is -0.148. The quantitative estimate of drug-likeness (QED) is 0.550. The highest BCUT2D eigenvalue weighted by molar-refractivity contribution is 7.89. The number of hydrogen-bond donors (Lipinski definition) is 0. The van der Waals surface area contributed by atoms with Crippen LogP contribution in [0.2, 0.25) is 0 Å². The third-order valence-electron chi connectivity index (χ3n) is 3.83. The molecule has 3 rings (SSSR count). The van der Waals surface area contributed by atoms with Gasteiger partial charge in [-0.3, -0.25) is 0 Å². The summed E-state index contributed by atoms with van der Waals surface area (Å²) in [5, 5.41) is 3.81. The van der Waals surface area contributed by atoms with Crippen LogP contribution in [0.15, 0.2) is 56.5 Å². The van der Waals surface area contributed by atoms with Crippen molar-refractivity contribution in [2.24, 2.45) is 0 Å². The van der Waals surface area contributed by atoms with Gasteiger partial charge in [0, 0.05) is 20.2 Å². The Bertz CT molecular complexity index is 1070. The van der Waals surface area contributed by atoms with Crippen molar-refractivity contribution in [1.82, 2.24) is 9.46 Å². The number of carbonyl (C=O) groups is 1. The summed E-state index contributed by atoms with van der Waals surface area (Å²) in [5.74, 6) is 0.323. The van der Waals surface area contributed by atoms with Gasteiger partial charge in [0.05, 0.1) is 18.9 Å². The zero-order valence-corrected chi connectivity index (χ0v) is 16.2. The van der Waals surface area contributed by atoms with E-state index >= 15 is 0 Å². The molecule has 0 saturated heterocycles. The molecule has 0 atom stereocenters. The Balaban J connectivity index is 1.76. The SMILES string of the molecule is COc1ccc(C(=O)OCc2cc(-c3ccco3)on2)cc1S(=O)(=O)N(C)C. The van der Waals surface area contributed by atoms with E-state index < -0.39 is 16.0 Å². The van der Waals surface area contributed by atoms with Crippen LogP contribution >= 0.6 is 0 Å². The van der Waals surface area contributed by atoms with Gasteiger partial charge in [0.1, 0.15) is 22.9 Å². The largest absolute Gasteiger partial charge is 0.495 e. The molecule has 0 aliphatic rings. The molecule has 2 heterocycles. The van der Waals surface area contributed by atoms with Crippen LogP contribution < -0.4 is 4.74 Å². The summed E-state index contributed by atoms with van der Waals surface area (Å²) >= 11 is 0. The molecule has 148 valence electrons. The summed E-state index contributed by atoms with van der Waals surface area (Å²) in [5.41, 5.74) is 0.449. The fourth-order valence-corrected chi connectivity index (χ4v) is 3.41. The number of methoxy groups -OCH3 is 1. The zero-order chi connectivity index (χ0) is 20.3. The van der Waals surface area contributed by atoms with Crippen molar-refractivity contribution in [3.05, 3.63) is 53.9 Å². The smallest absolute Gasteiger partial charge is 0.338 e. The van der Waals surface area contributed by atoms with E-state index in [1.165, 1.54) is 45.7 Å². The van der Waals surface area contributed by atoms with E-state index in [0.29, 0.717) is 17.2 Å². The average Bonchev–Trinajstić information content (AvgIpc) is 3.36. The molecule has 0 bridgehead atoms. The Hall–Kier alpha value is -3.11. The molecule has 2 aromatic heterocycles. The lowest BCUT2D eigenvalue weighted by Gasteiger charge is -2.15. The second-order valence-electron chi connectivity index (χ2n) is 5.89. The summed E-state index contributed by atoms with van der Waals surface area (Å²) in [4.78, 5) is 12.2. The Labute approximate surface area is 161 Å². The van der Waals surface area contributed by atoms with Crippen molar-refractivity contribution >= 4 is 16.0 Å². The molecule has 0 unspecified atom stereocenters. The summed E-state index contributed by atoms with van der Waals surface area (Å²) in [6, 6.07) is 9.04. The molecule has 0 saturated carbocycles. The van der Waals surface area contributed by atoms with E-state index in [2.05, 4.69) is 5.16 Å². The highest BCUT2D eigenvalue weighted by Gasteiger charge is 2.24. The fourth-order valence-electron chi connectivity index (χ4n) is 2.34. The van der Waals surface area contributed by atoms with Gasteiger partial charge < -0.3 is 18.4 Å². The van der Waals surface area contributed by atoms with Gasteiger partial charge >= 0.3 is 5.97 Å². The number of benzene rings is 1. The molecule has 28 heavy (non-hydrogen) atoms. The lowest BCUT2D eigenvalue weighted by Crippen LogP contribution is -2.23. The molecule has 0 N–H and O–H groups in total. The minimum atomic E-state index is -3.80. The van der Waals surface area contributed by atoms with Crippen LogP contribution in [-0.4, -0.2) is 45.1 Å². The lowest BCUT2D eigenvalue weighted by molar-refractivity contribution is 0.0464. The third kappa shape index (κ3) is 3.92. The first-order valence-corrected chi connectivity index (χ1v) is 9.54. The van der Waals surface area contributed by atoms with Crippen molar-refractivity contribution in [3.8, 4) is 17.3 Å². The van der Waals surface area contributed by atoms with Crippen molar-refractivity contribution < 1.29 is 31.6 Å². The number of hydrogen-bond acceptors (Lipinski definition) is 8. The van der Waals surface area contributed by atoms with E-state index in [-0.39, 0.29) is 22.8 Å². The average molecular weight is 406 g/mol.